The molecule has 0 bridgehead atoms. The van der Waals surface area contributed by atoms with Gasteiger partial charge in [-0.15, -0.1) is 0 Å². The zero-order chi connectivity index (χ0) is 21.6. The van der Waals surface area contributed by atoms with Crippen molar-refractivity contribution in [3.05, 3.63) is 63.8 Å². The van der Waals surface area contributed by atoms with Crippen molar-refractivity contribution in [2.24, 2.45) is 5.92 Å². The van der Waals surface area contributed by atoms with Crippen molar-refractivity contribution < 1.29 is 4.79 Å². The van der Waals surface area contributed by atoms with Crippen LogP contribution >= 0.6 is 0 Å². The second kappa shape index (κ2) is 10.2. The first-order valence-electron chi connectivity index (χ1n) is 11.4. The summed E-state index contributed by atoms with van der Waals surface area (Å²) in [5.41, 5.74) is 2.00. The van der Waals surface area contributed by atoms with Crippen LogP contribution in [0.15, 0.2) is 41.5 Å². The Labute approximate surface area is 184 Å². The largest absolute Gasteiger partial charge is 0.337 e. The van der Waals surface area contributed by atoms with Gasteiger partial charge in [0.1, 0.15) is 5.56 Å². The molecule has 2 saturated heterocycles. The van der Waals surface area contributed by atoms with Gasteiger partial charge >= 0.3 is 0 Å². The van der Waals surface area contributed by atoms with Crippen molar-refractivity contribution in [3.63, 3.8) is 0 Å². The van der Waals surface area contributed by atoms with Gasteiger partial charge in [-0.25, -0.2) is 0 Å². The smallest absolute Gasteiger partial charge is 0.263 e. The Bertz CT molecular complexity index is 937. The number of carbonyl (C=O) groups excluding carboxylic acids is 1. The number of rotatable bonds is 5. The molecule has 7 heteroatoms. The maximum absolute atomic E-state index is 13.4. The molecular formula is C24H33N5O2. The van der Waals surface area contributed by atoms with E-state index in [4.69, 9.17) is 0 Å². The van der Waals surface area contributed by atoms with Crippen molar-refractivity contribution >= 4 is 5.91 Å². The summed E-state index contributed by atoms with van der Waals surface area (Å²) < 4.78 is 1.74. The van der Waals surface area contributed by atoms with Gasteiger partial charge in [0, 0.05) is 51.7 Å². The fourth-order valence-corrected chi connectivity index (χ4v) is 4.64. The van der Waals surface area contributed by atoms with Crippen molar-refractivity contribution in [3.8, 4) is 0 Å². The summed E-state index contributed by atoms with van der Waals surface area (Å²) >= 11 is 0. The first kappa shape index (κ1) is 21.7. The van der Waals surface area contributed by atoms with Crippen LogP contribution < -0.4 is 10.9 Å². The molecule has 31 heavy (non-hydrogen) atoms. The molecule has 1 unspecified atom stereocenters. The molecule has 4 heterocycles. The third kappa shape index (κ3) is 5.40. The van der Waals surface area contributed by atoms with E-state index in [1.807, 2.05) is 48.5 Å². The third-order valence-electron chi connectivity index (χ3n) is 6.43. The van der Waals surface area contributed by atoms with Crippen molar-refractivity contribution in [2.45, 2.75) is 39.3 Å². The first-order valence-corrected chi connectivity index (χ1v) is 11.4. The maximum atomic E-state index is 13.4. The fraction of sp³-hybridized carbons (Fsp3) is 0.542. The zero-order valence-corrected chi connectivity index (χ0v) is 18.4. The maximum Gasteiger partial charge on any atom is 0.263 e. The van der Waals surface area contributed by atoms with Gasteiger partial charge in [0.25, 0.3) is 11.5 Å². The number of nitrogens with zero attached hydrogens (tertiary/aromatic N) is 4. The number of piperidine rings is 1. The molecule has 2 aliphatic heterocycles. The molecule has 2 fully saturated rings. The Balaban J connectivity index is 1.44. The van der Waals surface area contributed by atoms with E-state index in [0.717, 1.165) is 63.2 Å². The minimum atomic E-state index is -0.148. The normalized spacial score (nSPS) is 20.4. The number of amides is 1. The number of carbonyl (C=O) groups is 1. The molecule has 2 aromatic rings. The van der Waals surface area contributed by atoms with E-state index in [2.05, 4.69) is 15.2 Å². The van der Waals surface area contributed by atoms with E-state index in [-0.39, 0.29) is 11.5 Å². The number of hydrogen-bond donors (Lipinski definition) is 1. The van der Waals surface area contributed by atoms with Crippen molar-refractivity contribution in [2.75, 3.05) is 39.3 Å². The Morgan fingerprint density at radius 3 is 2.84 bits per heavy atom. The Morgan fingerprint density at radius 2 is 2.06 bits per heavy atom. The number of pyridine rings is 2. The monoisotopic (exact) mass is 423 g/mol. The van der Waals surface area contributed by atoms with E-state index < -0.39 is 0 Å². The van der Waals surface area contributed by atoms with Crippen LogP contribution in [0.5, 0.6) is 0 Å². The van der Waals surface area contributed by atoms with Gasteiger partial charge in [0.05, 0.1) is 5.69 Å². The van der Waals surface area contributed by atoms with E-state index in [9.17, 15) is 9.59 Å². The van der Waals surface area contributed by atoms with Gasteiger partial charge in [0.15, 0.2) is 0 Å². The molecule has 0 radical (unpaired) electrons. The molecule has 7 nitrogen and oxygen atoms in total. The molecule has 0 saturated carbocycles. The highest BCUT2D eigenvalue weighted by Crippen LogP contribution is 2.14. The van der Waals surface area contributed by atoms with Gasteiger partial charge in [-0.1, -0.05) is 6.07 Å². The topological polar surface area (TPSA) is 70.5 Å². The van der Waals surface area contributed by atoms with Crippen LogP contribution in [0.4, 0.5) is 0 Å². The predicted octanol–water partition coefficient (Wildman–Crippen LogP) is 1.90. The van der Waals surface area contributed by atoms with Gasteiger partial charge in [-0.3, -0.25) is 19.5 Å². The highest BCUT2D eigenvalue weighted by molar-refractivity contribution is 5.95. The average molecular weight is 424 g/mol. The molecule has 0 spiro atoms. The lowest BCUT2D eigenvalue weighted by molar-refractivity contribution is 0.0757. The molecule has 1 amide bonds. The van der Waals surface area contributed by atoms with Gasteiger partial charge in [-0.05, 0) is 69.0 Å². The van der Waals surface area contributed by atoms with Gasteiger partial charge in [0.2, 0.25) is 0 Å². The molecule has 2 aromatic heterocycles. The van der Waals surface area contributed by atoms with Crippen LogP contribution in [0.1, 0.15) is 40.9 Å². The van der Waals surface area contributed by atoms with Crippen LogP contribution in [0, 0.1) is 12.8 Å². The summed E-state index contributed by atoms with van der Waals surface area (Å²) in [6.45, 7) is 8.33. The number of aromatic nitrogens is 2. The van der Waals surface area contributed by atoms with E-state index >= 15 is 0 Å². The van der Waals surface area contributed by atoms with Crippen molar-refractivity contribution in [1.29, 1.82) is 0 Å². The molecule has 0 aromatic carbocycles. The van der Waals surface area contributed by atoms with Crippen LogP contribution in [-0.2, 0) is 13.1 Å². The number of hydrogen-bond acceptors (Lipinski definition) is 5. The lowest BCUT2D eigenvalue weighted by atomic mass is 9.99. The predicted molar refractivity (Wildman–Crippen MR) is 121 cm³/mol. The first-order chi connectivity index (χ1) is 15.1. The molecule has 4 rings (SSSR count). The quantitative estimate of drug-likeness (QED) is 0.796. The highest BCUT2D eigenvalue weighted by atomic mass is 16.2. The fourth-order valence-electron chi connectivity index (χ4n) is 4.64. The Hall–Kier alpha value is -2.51. The van der Waals surface area contributed by atoms with E-state index in [1.54, 1.807) is 4.57 Å². The summed E-state index contributed by atoms with van der Waals surface area (Å²) in [4.78, 5) is 35.2. The Kier molecular flexibility index (Phi) is 7.14. The van der Waals surface area contributed by atoms with Crippen LogP contribution in [0.3, 0.4) is 0 Å². The highest BCUT2D eigenvalue weighted by Gasteiger charge is 2.25. The van der Waals surface area contributed by atoms with E-state index in [0.29, 0.717) is 31.1 Å². The average Bonchev–Trinajstić information content (AvgIpc) is 3.03. The second-order valence-corrected chi connectivity index (χ2v) is 8.79. The lowest BCUT2D eigenvalue weighted by Gasteiger charge is -2.25. The SMILES string of the molecule is Cc1ccn(CC2CCCNC2)c(=O)c1C(=O)N1CCCN(Cc2ccccn2)CC1. The third-order valence-corrected chi connectivity index (χ3v) is 6.43. The minimum Gasteiger partial charge on any atom is -0.337 e. The number of nitrogens with one attached hydrogen (secondary N) is 1. The van der Waals surface area contributed by atoms with Crippen molar-refractivity contribution in [1.82, 2.24) is 24.7 Å². The standard InChI is InChI=1S/C24H33N5O2/c1-19-8-13-29(17-20-6-4-9-25-16-20)24(31)22(19)23(30)28-12-5-11-27(14-15-28)18-21-7-2-3-10-26-21/h2-3,7-8,10,13,20,25H,4-6,9,11-12,14-18H2,1H3. The molecule has 0 aliphatic carbocycles. The lowest BCUT2D eigenvalue weighted by Crippen LogP contribution is -2.41. The molecular weight excluding hydrogens is 390 g/mol. The van der Waals surface area contributed by atoms with E-state index in [1.165, 1.54) is 0 Å². The minimum absolute atomic E-state index is 0.127. The molecule has 166 valence electrons. The summed E-state index contributed by atoms with van der Waals surface area (Å²) in [5.74, 6) is 0.314. The number of aryl methyl sites for hydroxylation is 1. The van der Waals surface area contributed by atoms with Crippen LogP contribution in [-0.4, -0.2) is 64.5 Å². The van der Waals surface area contributed by atoms with Gasteiger partial charge in [-0.2, -0.15) is 0 Å². The second-order valence-electron chi connectivity index (χ2n) is 8.79. The summed E-state index contributed by atoms with van der Waals surface area (Å²) in [6, 6.07) is 7.87. The summed E-state index contributed by atoms with van der Waals surface area (Å²) in [7, 11) is 0. The summed E-state index contributed by atoms with van der Waals surface area (Å²) in [5, 5.41) is 3.40. The van der Waals surface area contributed by atoms with Crippen LogP contribution in [0.25, 0.3) is 0 Å². The van der Waals surface area contributed by atoms with Crippen LogP contribution in [0.2, 0.25) is 0 Å². The molecule has 1 atom stereocenters. The van der Waals surface area contributed by atoms with Gasteiger partial charge < -0.3 is 14.8 Å². The Morgan fingerprint density at radius 1 is 1.16 bits per heavy atom. The summed E-state index contributed by atoms with van der Waals surface area (Å²) in [6.07, 6.45) is 6.82. The molecule has 1 N–H and O–H groups in total. The zero-order valence-electron chi connectivity index (χ0n) is 18.4. The molecule has 2 aliphatic rings.